The molecule has 0 radical (unpaired) electrons. The van der Waals surface area contributed by atoms with Crippen molar-refractivity contribution in [3.63, 3.8) is 0 Å². The number of nitrogens with one attached hydrogen (secondary N) is 3. The third-order valence-electron chi connectivity index (χ3n) is 3.07. The lowest BCUT2D eigenvalue weighted by Gasteiger charge is -1.94. The SMILES string of the molecule is CC(C)c1cn[nH]c1.CC(C)c1nn[nH]n1.CC(C)c1noc(=O)[nH]1. The van der Waals surface area contributed by atoms with Crippen molar-refractivity contribution >= 4 is 0 Å². The first-order chi connectivity index (χ1) is 11.8. The second-order valence-corrected chi connectivity index (χ2v) is 6.25. The van der Waals surface area contributed by atoms with Crippen LogP contribution in [-0.2, 0) is 0 Å². The van der Waals surface area contributed by atoms with Crippen LogP contribution in [0.5, 0.6) is 0 Å². The summed E-state index contributed by atoms with van der Waals surface area (Å²) in [4.78, 5) is 12.8. The summed E-state index contributed by atoms with van der Waals surface area (Å²) in [6.45, 7) is 12.2. The van der Waals surface area contributed by atoms with Crippen molar-refractivity contribution in [3.05, 3.63) is 40.2 Å². The fourth-order valence-corrected chi connectivity index (χ4v) is 1.48. The minimum absolute atomic E-state index is 0.219. The molecule has 138 valence electrons. The molecule has 0 unspecified atom stereocenters. The minimum Gasteiger partial charge on any atom is -0.296 e. The van der Waals surface area contributed by atoms with Gasteiger partial charge in [0.15, 0.2) is 11.6 Å². The summed E-state index contributed by atoms with van der Waals surface area (Å²) in [6, 6.07) is 0. The molecule has 10 heteroatoms. The van der Waals surface area contributed by atoms with Crippen LogP contribution in [0.25, 0.3) is 0 Å². The van der Waals surface area contributed by atoms with E-state index in [0.717, 1.165) is 5.82 Å². The van der Waals surface area contributed by atoms with Gasteiger partial charge in [0.2, 0.25) is 0 Å². The fraction of sp³-hybridized carbons (Fsp3) is 0.600. The van der Waals surface area contributed by atoms with Crippen LogP contribution in [-0.4, -0.2) is 41.0 Å². The Balaban J connectivity index is 0.000000188. The molecule has 3 heterocycles. The highest BCUT2D eigenvalue weighted by molar-refractivity contribution is 5.06. The Labute approximate surface area is 145 Å². The van der Waals surface area contributed by atoms with Crippen LogP contribution in [0.15, 0.2) is 21.7 Å². The molecule has 0 aliphatic heterocycles. The van der Waals surface area contributed by atoms with Gasteiger partial charge in [-0.05, 0) is 11.5 Å². The van der Waals surface area contributed by atoms with Gasteiger partial charge in [-0.1, -0.05) is 51.9 Å². The Kier molecular flexibility index (Phi) is 8.24. The van der Waals surface area contributed by atoms with Gasteiger partial charge >= 0.3 is 5.76 Å². The van der Waals surface area contributed by atoms with Crippen molar-refractivity contribution in [1.82, 2.24) is 41.0 Å². The van der Waals surface area contributed by atoms with Gasteiger partial charge in [-0.3, -0.25) is 14.6 Å². The smallest absolute Gasteiger partial charge is 0.296 e. The Hall–Kier alpha value is -2.78. The molecule has 3 aromatic rings. The molecule has 25 heavy (non-hydrogen) atoms. The molecule has 0 saturated carbocycles. The van der Waals surface area contributed by atoms with E-state index in [0.29, 0.717) is 17.7 Å². The van der Waals surface area contributed by atoms with Gasteiger partial charge in [0, 0.05) is 18.0 Å². The summed E-state index contributed by atoms with van der Waals surface area (Å²) in [5, 5.41) is 23.4. The maximum atomic E-state index is 10.3. The van der Waals surface area contributed by atoms with Crippen LogP contribution >= 0.6 is 0 Å². The Morgan fingerprint density at radius 1 is 1.04 bits per heavy atom. The lowest BCUT2D eigenvalue weighted by atomic mass is 10.1. The first-order valence-corrected chi connectivity index (χ1v) is 8.09. The predicted molar refractivity (Wildman–Crippen MR) is 92.2 cm³/mol. The van der Waals surface area contributed by atoms with Crippen molar-refractivity contribution < 1.29 is 4.52 Å². The quantitative estimate of drug-likeness (QED) is 0.658. The van der Waals surface area contributed by atoms with Crippen molar-refractivity contribution in [1.29, 1.82) is 0 Å². The normalized spacial score (nSPS) is 10.4. The van der Waals surface area contributed by atoms with E-state index in [4.69, 9.17) is 0 Å². The van der Waals surface area contributed by atoms with Crippen molar-refractivity contribution in [2.75, 3.05) is 0 Å². The first kappa shape index (κ1) is 20.3. The number of hydrogen-bond acceptors (Lipinski definition) is 7. The molecule has 0 saturated heterocycles. The summed E-state index contributed by atoms with van der Waals surface area (Å²) in [7, 11) is 0. The second-order valence-electron chi connectivity index (χ2n) is 6.25. The number of nitrogens with zero attached hydrogens (tertiary/aromatic N) is 5. The molecule has 0 aromatic carbocycles. The number of tetrazole rings is 1. The minimum atomic E-state index is -0.487. The third kappa shape index (κ3) is 7.55. The number of rotatable bonds is 3. The van der Waals surface area contributed by atoms with Gasteiger partial charge < -0.3 is 0 Å². The summed E-state index contributed by atoms with van der Waals surface area (Å²) in [5.41, 5.74) is 1.27. The van der Waals surface area contributed by atoms with Crippen LogP contribution in [0, 0.1) is 0 Å². The van der Waals surface area contributed by atoms with E-state index in [2.05, 4.69) is 59.3 Å². The number of H-pyrrole nitrogens is 3. The summed E-state index contributed by atoms with van der Waals surface area (Å²) < 4.78 is 4.26. The van der Waals surface area contributed by atoms with Gasteiger partial charge in [0.05, 0.1) is 6.20 Å². The molecule has 10 nitrogen and oxygen atoms in total. The van der Waals surface area contributed by atoms with Crippen LogP contribution in [0.2, 0.25) is 0 Å². The standard InChI is InChI=1S/C6H10N2.C5H8N2O2.C4H8N4/c1-5(2)6-3-7-8-4-6;1-3(2)4-6-5(8)9-7-4;1-3(2)4-5-7-8-6-4/h3-5H,1-2H3,(H,7,8);3H,1-2H3,(H,6,7,8);3H,1-2H3,(H,5,6,7,8). The molecule has 0 amide bonds. The van der Waals surface area contributed by atoms with Gasteiger partial charge in [0.25, 0.3) is 0 Å². The zero-order valence-electron chi connectivity index (χ0n) is 15.4. The predicted octanol–water partition coefficient (Wildman–Crippen LogP) is 2.34. The fourth-order valence-electron chi connectivity index (χ4n) is 1.48. The molecule has 0 atom stereocenters. The average molecular weight is 350 g/mol. The van der Waals surface area contributed by atoms with Gasteiger partial charge in [-0.15, -0.1) is 10.2 Å². The van der Waals surface area contributed by atoms with E-state index in [1.807, 2.05) is 40.1 Å². The molecule has 0 fully saturated rings. The number of aromatic amines is 3. The van der Waals surface area contributed by atoms with E-state index in [1.165, 1.54) is 5.56 Å². The molecule has 3 aromatic heterocycles. The van der Waals surface area contributed by atoms with Gasteiger partial charge in [-0.25, -0.2) is 4.79 Å². The van der Waals surface area contributed by atoms with Crippen LogP contribution < -0.4 is 5.76 Å². The molecular formula is C15H26N8O2. The summed E-state index contributed by atoms with van der Waals surface area (Å²) >= 11 is 0. The summed E-state index contributed by atoms with van der Waals surface area (Å²) in [6.07, 6.45) is 3.77. The highest BCUT2D eigenvalue weighted by Gasteiger charge is 2.03. The zero-order chi connectivity index (χ0) is 18.8. The lowest BCUT2D eigenvalue weighted by molar-refractivity contribution is 0.379. The molecule has 0 bridgehead atoms. The topological polar surface area (TPSA) is 142 Å². The monoisotopic (exact) mass is 350 g/mol. The van der Waals surface area contributed by atoms with E-state index >= 15 is 0 Å². The second kappa shape index (κ2) is 10.2. The zero-order valence-corrected chi connectivity index (χ0v) is 15.4. The van der Waals surface area contributed by atoms with Crippen LogP contribution in [0.3, 0.4) is 0 Å². The summed E-state index contributed by atoms with van der Waals surface area (Å²) in [5.74, 6) is 2.06. The molecule has 0 aliphatic carbocycles. The molecule has 0 spiro atoms. The van der Waals surface area contributed by atoms with Crippen molar-refractivity contribution in [2.24, 2.45) is 0 Å². The number of aromatic nitrogens is 8. The first-order valence-electron chi connectivity index (χ1n) is 8.09. The lowest BCUT2D eigenvalue weighted by Crippen LogP contribution is -1.97. The highest BCUT2D eigenvalue weighted by atomic mass is 16.5. The maximum absolute atomic E-state index is 10.3. The number of hydrogen-bond donors (Lipinski definition) is 3. The molecule has 3 rings (SSSR count). The molecule has 0 aliphatic rings. The van der Waals surface area contributed by atoms with E-state index < -0.39 is 5.76 Å². The largest absolute Gasteiger partial charge is 0.438 e. The van der Waals surface area contributed by atoms with Gasteiger partial charge in [0.1, 0.15) is 0 Å². The van der Waals surface area contributed by atoms with Crippen molar-refractivity contribution in [3.8, 4) is 0 Å². The Bertz CT molecular complexity index is 688. The van der Waals surface area contributed by atoms with E-state index in [1.54, 1.807) is 0 Å². The van der Waals surface area contributed by atoms with E-state index in [9.17, 15) is 4.79 Å². The van der Waals surface area contributed by atoms with Crippen molar-refractivity contribution in [2.45, 2.75) is 59.3 Å². The molecule has 3 N–H and O–H groups in total. The maximum Gasteiger partial charge on any atom is 0.438 e. The third-order valence-corrected chi connectivity index (χ3v) is 3.07. The highest BCUT2D eigenvalue weighted by Crippen LogP contribution is 2.09. The Morgan fingerprint density at radius 2 is 1.76 bits per heavy atom. The van der Waals surface area contributed by atoms with Crippen LogP contribution in [0.1, 0.15) is 76.5 Å². The Morgan fingerprint density at radius 3 is 2.00 bits per heavy atom. The van der Waals surface area contributed by atoms with E-state index in [-0.39, 0.29) is 5.92 Å². The average Bonchev–Trinajstić information content (AvgIpc) is 3.31. The molecular weight excluding hydrogens is 324 g/mol. The van der Waals surface area contributed by atoms with Gasteiger partial charge in [-0.2, -0.15) is 10.3 Å². The van der Waals surface area contributed by atoms with Crippen LogP contribution in [0.4, 0.5) is 0 Å².